The number of nitrogens with zero attached hydrogens (tertiary/aromatic N) is 3. The van der Waals surface area contributed by atoms with Crippen molar-refractivity contribution in [2.75, 3.05) is 39.8 Å². The molecule has 138 valence electrons. The molecule has 1 aliphatic carbocycles. The first-order chi connectivity index (χ1) is 11.4. The van der Waals surface area contributed by atoms with Gasteiger partial charge in [0.15, 0.2) is 0 Å². The molecule has 1 atom stereocenters. The predicted octanol–water partition coefficient (Wildman–Crippen LogP) is 2.21. The summed E-state index contributed by atoms with van der Waals surface area (Å²) >= 11 is 0. The molecule has 0 aromatic heterocycles. The van der Waals surface area contributed by atoms with Crippen LogP contribution in [0, 0.1) is 11.8 Å². The molecule has 5 nitrogen and oxygen atoms in total. The number of piperazine rings is 1. The van der Waals surface area contributed by atoms with Crippen LogP contribution in [0.2, 0.25) is 0 Å². The van der Waals surface area contributed by atoms with Crippen LogP contribution in [0.3, 0.4) is 0 Å². The fraction of sp³-hybridized carbons (Fsp3) is 0.895. The Labute approximate surface area is 147 Å². The summed E-state index contributed by atoms with van der Waals surface area (Å²) in [6, 6.07) is 0.0137. The van der Waals surface area contributed by atoms with E-state index in [1.807, 2.05) is 23.8 Å². The van der Waals surface area contributed by atoms with E-state index in [9.17, 15) is 9.59 Å². The lowest BCUT2D eigenvalue weighted by atomic mass is 9.94. The molecule has 0 radical (unpaired) electrons. The lowest BCUT2D eigenvalue weighted by molar-refractivity contribution is -0.140. The minimum Gasteiger partial charge on any atom is -0.345 e. The van der Waals surface area contributed by atoms with Gasteiger partial charge in [0.1, 0.15) is 0 Å². The van der Waals surface area contributed by atoms with Crippen LogP contribution in [0.15, 0.2) is 0 Å². The lowest BCUT2D eigenvalue weighted by Crippen LogP contribution is -2.58. The van der Waals surface area contributed by atoms with Gasteiger partial charge in [-0.25, -0.2) is 0 Å². The fourth-order valence-corrected chi connectivity index (χ4v) is 4.04. The molecule has 0 bridgehead atoms. The number of amides is 2. The normalized spacial score (nSPS) is 21.3. The molecule has 1 aliphatic heterocycles. The van der Waals surface area contributed by atoms with Crippen LogP contribution in [0.1, 0.15) is 52.9 Å². The Hall–Kier alpha value is -1.10. The maximum atomic E-state index is 12.9. The molecule has 2 fully saturated rings. The molecule has 0 aromatic rings. The van der Waals surface area contributed by atoms with Gasteiger partial charge in [-0.1, -0.05) is 26.7 Å². The van der Waals surface area contributed by atoms with Crippen LogP contribution >= 0.6 is 0 Å². The zero-order valence-corrected chi connectivity index (χ0v) is 16.0. The minimum absolute atomic E-state index is 0.0137. The van der Waals surface area contributed by atoms with E-state index < -0.39 is 0 Å². The van der Waals surface area contributed by atoms with Crippen molar-refractivity contribution in [1.82, 2.24) is 14.7 Å². The molecular weight excluding hydrogens is 302 g/mol. The van der Waals surface area contributed by atoms with Crippen LogP contribution in [0.5, 0.6) is 0 Å². The average Bonchev–Trinajstić information content (AvgIpc) is 3.08. The molecule has 0 spiro atoms. The van der Waals surface area contributed by atoms with Gasteiger partial charge in [-0.05, 0) is 31.6 Å². The topological polar surface area (TPSA) is 43.9 Å². The number of carbonyl (C=O) groups excluding carboxylic acids is 2. The molecule has 1 heterocycles. The van der Waals surface area contributed by atoms with E-state index in [0.29, 0.717) is 18.3 Å². The van der Waals surface area contributed by atoms with Crippen molar-refractivity contribution in [1.29, 1.82) is 0 Å². The molecule has 2 aliphatic rings. The third kappa shape index (κ3) is 4.71. The first kappa shape index (κ1) is 19.2. The van der Waals surface area contributed by atoms with Crippen molar-refractivity contribution < 1.29 is 9.59 Å². The number of hydrogen-bond acceptors (Lipinski definition) is 3. The molecule has 1 saturated heterocycles. The van der Waals surface area contributed by atoms with Gasteiger partial charge in [0.25, 0.3) is 0 Å². The van der Waals surface area contributed by atoms with Crippen molar-refractivity contribution in [3.8, 4) is 0 Å². The smallest absolute Gasteiger partial charge is 0.239 e. The minimum atomic E-state index is 0.0137. The van der Waals surface area contributed by atoms with E-state index >= 15 is 0 Å². The van der Waals surface area contributed by atoms with Crippen molar-refractivity contribution in [2.24, 2.45) is 11.8 Å². The second kappa shape index (κ2) is 8.84. The van der Waals surface area contributed by atoms with E-state index in [1.54, 1.807) is 0 Å². The van der Waals surface area contributed by atoms with E-state index in [2.05, 4.69) is 18.7 Å². The highest BCUT2D eigenvalue weighted by Gasteiger charge is 2.38. The van der Waals surface area contributed by atoms with Gasteiger partial charge >= 0.3 is 0 Å². The second-order valence-electron chi connectivity index (χ2n) is 7.86. The molecule has 2 rings (SSSR count). The number of rotatable bonds is 6. The standard InChI is InChI=1S/C19H35N3O2/c1-5-20(4)19(24)18(16-8-6-7-9-16)22-12-10-21(11-13-22)17(23)14-15(2)3/h15-16,18H,5-14H2,1-4H3. The first-order valence-corrected chi connectivity index (χ1v) is 9.70. The molecule has 5 heteroatoms. The van der Waals surface area contributed by atoms with Crippen molar-refractivity contribution in [2.45, 2.75) is 58.9 Å². The predicted molar refractivity (Wildman–Crippen MR) is 96.7 cm³/mol. The maximum absolute atomic E-state index is 12.9. The van der Waals surface area contributed by atoms with Crippen LogP contribution < -0.4 is 0 Å². The maximum Gasteiger partial charge on any atom is 0.239 e. The third-order valence-electron chi connectivity index (χ3n) is 5.59. The number of likely N-dealkylation sites (N-methyl/N-ethyl adjacent to an activating group) is 1. The zero-order valence-electron chi connectivity index (χ0n) is 16.0. The SMILES string of the molecule is CCN(C)C(=O)C(C1CCCC1)N1CCN(C(=O)CC(C)C)CC1. The largest absolute Gasteiger partial charge is 0.345 e. The summed E-state index contributed by atoms with van der Waals surface area (Å²) in [6.07, 6.45) is 5.46. The van der Waals surface area contributed by atoms with Crippen LogP contribution in [0.4, 0.5) is 0 Å². The Bertz CT molecular complexity index is 424. The molecule has 1 unspecified atom stereocenters. The Morgan fingerprint density at radius 3 is 2.17 bits per heavy atom. The van der Waals surface area contributed by atoms with Gasteiger partial charge in [-0.3, -0.25) is 14.5 Å². The highest BCUT2D eigenvalue weighted by molar-refractivity contribution is 5.82. The number of carbonyl (C=O) groups is 2. The van der Waals surface area contributed by atoms with Gasteiger partial charge in [0.05, 0.1) is 6.04 Å². The van der Waals surface area contributed by atoms with E-state index in [4.69, 9.17) is 0 Å². The summed E-state index contributed by atoms with van der Waals surface area (Å²) in [5.41, 5.74) is 0. The molecular formula is C19H35N3O2. The molecule has 0 aromatic carbocycles. The molecule has 1 saturated carbocycles. The van der Waals surface area contributed by atoms with Crippen molar-refractivity contribution >= 4 is 11.8 Å². The Balaban J connectivity index is 1.99. The first-order valence-electron chi connectivity index (χ1n) is 9.70. The summed E-state index contributed by atoms with van der Waals surface area (Å²) in [5.74, 6) is 1.43. The summed E-state index contributed by atoms with van der Waals surface area (Å²) in [7, 11) is 1.91. The van der Waals surface area contributed by atoms with Crippen molar-refractivity contribution in [3.63, 3.8) is 0 Å². The van der Waals surface area contributed by atoms with Crippen LogP contribution in [0.25, 0.3) is 0 Å². The monoisotopic (exact) mass is 337 g/mol. The highest BCUT2D eigenvalue weighted by Crippen LogP contribution is 2.31. The average molecular weight is 338 g/mol. The summed E-state index contributed by atoms with van der Waals surface area (Å²) in [6.45, 7) is 10.1. The van der Waals surface area contributed by atoms with Gasteiger partial charge in [-0.2, -0.15) is 0 Å². The lowest BCUT2D eigenvalue weighted by Gasteiger charge is -2.42. The van der Waals surface area contributed by atoms with Gasteiger partial charge in [0.2, 0.25) is 11.8 Å². The van der Waals surface area contributed by atoms with Gasteiger partial charge in [-0.15, -0.1) is 0 Å². The van der Waals surface area contributed by atoms with Gasteiger partial charge < -0.3 is 9.80 Å². The zero-order chi connectivity index (χ0) is 17.7. The van der Waals surface area contributed by atoms with Crippen LogP contribution in [-0.2, 0) is 9.59 Å². The van der Waals surface area contributed by atoms with Crippen LogP contribution in [-0.4, -0.2) is 72.3 Å². The third-order valence-corrected chi connectivity index (χ3v) is 5.59. The summed E-state index contributed by atoms with van der Waals surface area (Å²) < 4.78 is 0. The summed E-state index contributed by atoms with van der Waals surface area (Å²) in [4.78, 5) is 31.4. The second-order valence-corrected chi connectivity index (χ2v) is 7.86. The van der Waals surface area contributed by atoms with Crippen molar-refractivity contribution in [3.05, 3.63) is 0 Å². The molecule has 2 amide bonds. The van der Waals surface area contributed by atoms with E-state index in [0.717, 1.165) is 32.7 Å². The molecule has 0 N–H and O–H groups in total. The quantitative estimate of drug-likeness (QED) is 0.746. The summed E-state index contributed by atoms with van der Waals surface area (Å²) in [5, 5.41) is 0. The molecule has 24 heavy (non-hydrogen) atoms. The Morgan fingerprint density at radius 2 is 1.67 bits per heavy atom. The fourth-order valence-electron chi connectivity index (χ4n) is 4.04. The Morgan fingerprint density at radius 1 is 1.08 bits per heavy atom. The number of hydrogen-bond donors (Lipinski definition) is 0. The van der Waals surface area contributed by atoms with Gasteiger partial charge in [0, 0.05) is 46.2 Å². The Kier molecular flexibility index (Phi) is 7.08. The highest BCUT2D eigenvalue weighted by atomic mass is 16.2. The van der Waals surface area contributed by atoms with E-state index in [1.165, 1.54) is 25.7 Å². The van der Waals surface area contributed by atoms with E-state index in [-0.39, 0.29) is 17.9 Å².